The summed E-state index contributed by atoms with van der Waals surface area (Å²) in [5, 5.41) is 10.3. The first-order valence-corrected chi connectivity index (χ1v) is 6.62. The van der Waals surface area contributed by atoms with Crippen LogP contribution in [-0.4, -0.2) is 15.4 Å². The Morgan fingerprint density at radius 3 is 2.67 bits per heavy atom. The molecule has 0 aliphatic carbocycles. The molecule has 1 aromatic heterocycles. The van der Waals surface area contributed by atoms with Crippen LogP contribution in [-0.2, 0) is 12.8 Å². The maximum absolute atomic E-state index is 13.6. The minimum atomic E-state index is -0.552. The van der Waals surface area contributed by atoms with Crippen LogP contribution in [0.4, 0.5) is 8.78 Å². The van der Waals surface area contributed by atoms with Crippen molar-refractivity contribution in [3.8, 4) is 11.3 Å². The summed E-state index contributed by atoms with van der Waals surface area (Å²) in [5.74, 6) is -1.05. The number of nitrogens with zero attached hydrogens (tertiary/aromatic N) is 2. The summed E-state index contributed by atoms with van der Waals surface area (Å²) in [7, 11) is 0. The lowest BCUT2D eigenvalue weighted by Crippen LogP contribution is -1.96. The standard InChI is InChI=1S/C16H13F2N3/c17-14-7-6-12(15(18)9-14)5-4-11-2-1-3-13(8-11)16-10-19-21-20-16/h1-3,6-10H,4-5H2,(H,19,20,21). The molecule has 106 valence electrons. The van der Waals surface area contributed by atoms with Gasteiger partial charge in [0.25, 0.3) is 0 Å². The van der Waals surface area contributed by atoms with Crippen molar-refractivity contribution in [2.24, 2.45) is 0 Å². The van der Waals surface area contributed by atoms with E-state index in [0.717, 1.165) is 22.9 Å². The van der Waals surface area contributed by atoms with E-state index in [1.165, 1.54) is 12.1 Å². The zero-order valence-corrected chi connectivity index (χ0v) is 11.2. The topological polar surface area (TPSA) is 41.6 Å². The van der Waals surface area contributed by atoms with E-state index in [9.17, 15) is 8.78 Å². The highest BCUT2D eigenvalue weighted by molar-refractivity contribution is 5.58. The van der Waals surface area contributed by atoms with Crippen LogP contribution in [0.5, 0.6) is 0 Å². The summed E-state index contributed by atoms with van der Waals surface area (Å²) in [4.78, 5) is 0. The Balaban J connectivity index is 1.75. The van der Waals surface area contributed by atoms with Crippen molar-refractivity contribution in [1.82, 2.24) is 15.4 Å². The molecule has 1 heterocycles. The molecule has 21 heavy (non-hydrogen) atoms. The number of aryl methyl sites for hydroxylation is 2. The Bertz CT molecular complexity index is 739. The van der Waals surface area contributed by atoms with Gasteiger partial charge in [-0.05, 0) is 36.1 Å². The number of benzene rings is 2. The summed E-state index contributed by atoms with van der Waals surface area (Å²) in [5.41, 5.74) is 3.31. The van der Waals surface area contributed by atoms with E-state index in [1.807, 2.05) is 24.3 Å². The molecule has 0 aliphatic rings. The average molecular weight is 285 g/mol. The van der Waals surface area contributed by atoms with Crippen LogP contribution in [0.15, 0.2) is 48.7 Å². The molecule has 0 fully saturated rings. The molecular weight excluding hydrogens is 272 g/mol. The lowest BCUT2D eigenvalue weighted by molar-refractivity contribution is 0.571. The van der Waals surface area contributed by atoms with Gasteiger partial charge in [0.2, 0.25) is 0 Å². The second-order valence-corrected chi connectivity index (χ2v) is 4.79. The van der Waals surface area contributed by atoms with Crippen molar-refractivity contribution in [2.75, 3.05) is 0 Å². The zero-order chi connectivity index (χ0) is 14.7. The first-order chi connectivity index (χ1) is 10.2. The molecule has 0 saturated carbocycles. The van der Waals surface area contributed by atoms with Gasteiger partial charge in [-0.1, -0.05) is 29.5 Å². The van der Waals surface area contributed by atoms with Gasteiger partial charge in [-0.2, -0.15) is 0 Å². The molecular formula is C16H13F2N3. The third-order valence-corrected chi connectivity index (χ3v) is 3.34. The molecule has 0 unspecified atom stereocenters. The molecule has 0 spiro atoms. The molecule has 3 rings (SSSR count). The quantitative estimate of drug-likeness (QED) is 0.796. The van der Waals surface area contributed by atoms with Crippen LogP contribution in [0.2, 0.25) is 0 Å². The number of aromatic amines is 1. The summed E-state index contributed by atoms with van der Waals surface area (Å²) in [6, 6.07) is 11.5. The first-order valence-electron chi connectivity index (χ1n) is 6.62. The molecule has 0 saturated heterocycles. The Morgan fingerprint density at radius 1 is 1.00 bits per heavy atom. The predicted molar refractivity (Wildman–Crippen MR) is 75.6 cm³/mol. The monoisotopic (exact) mass is 285 g/mol. The number of hydrogen-bond acceptors (Lipinski definition) is 2. The molecule has 0 bridgehead atoms. The average Bonchev–Trinajstić information content (AvgIpc) is 3.01. The summed E-state index contributed by atoms with van der Waals surface area (Å²) in [6.07, 6.45) is 2.92. The van der Waals surface area contributed by atoms with Gasteiger partial charge < -0.3 is 0 Å². The van der Waals surface area contributed by atoms with Gasteiger partial charge in [-0.25, -0.2) is 8.78 Å². The fourth-order valence-electron chi connectivity index (χ4n) is 2.23. The minimum Gasteiger partial charge on any atom is -0.265 e. The van der Waals surface area contributed by atoms with E-state index in [2.05, 4.69) is 15.4 Å². The summed E-state index contributed by atoms with van der Waals surface area (Å²) in [6.45, 7) is 0. The number of aromatic nitrogens is 3. The van der Waals surface area contributed by atoms with Crippen molar-refractivity contribution in [3.05, 3.63) is 71.4 Å². The molecule has 1 N–H and O–H groups in total. The number of rotatable bonds is 4. The predicted octanol–water partition coefficient (Wildman–Crippen LogP) is 3.54. The van der Waals surface area contributed by atoms with Gasteiger partial charge in [-0.3, -0.25) is 5.10 Å². The normalized spacial score (nSPS) is 10.8. The molecule has 2 aromatic carbocycles. The van der Waals surface area contributed by atoms with E-state index in [1.54, 1.807) is 6.20 Å². The van der Waals surface area contributed by atoms with Crippen LogP contribution < -0.4 is 0 Å². The molecule has 0 amide bonds. The van der Waals surface area contributed by atoms with Crippen molar-refractivity contribution >= 4 is 0 Å². The minimum absolute atomic E-state index is 0.498. The second-order valence-electron chi connectivity index (χ2n) is 4.79. The van der Waals surface area contributed by atoms with Crippen LogP contribution in [0.25, 0.3) is 11.3 Å². The maximum atomic E-state index is 13.6. The van der Waals surface area contributed by atoms with Crippen LogP contribution in [0.1, 0.15) is 11.1 Å². The largest absolute Gasteiger partial charge is 0.265 e. The van der Waals surface area contributed by atoms with Gasteiger partial charge in [0.1, 0.15) is 17.3 Å². The van der Waals surface area contributed by atoms with Gasteiger partial charge in [0, 0.05) is 17.8 Å². The Hall–Kier alpha value is -2.56. The van der Waals surface area contributed by atoms with Crippen LogP contribution >= 0.6 is 0 Å². The third-order valence-electron chi connectivity index (χ3n) is 3.34. The maximum Gasteiger partial charge on any atom is 0.129 e. The van der Waals surface area contributed by atoms with Gasteiger partial charge in [0.05, 0.1) is 0 Å². The van der Waals surface area contributed by atoms with E-state index in [-0.39, 0.29) is 0 Å². The first kappa shape index (κ1) is 13.4. The number of H-pyrrole nitrogens is 1. The number of nitrogens with one attached hydrogen (secondary N) is 1. The lowest BCUT2D eigenvalue weighted by Gasteiger charge is -2.05. The van der Waals surface area contributed by atoms with E-state index in [4.69, 9.17) is 0 Å². The highest BCUT2D eigenvalue weighted by Gasteiger charge is 2.06. The Morgan fingerprint density at radius 2 is 1.90 bits per heavy atom. The lowest BCUT2D eigenvalue weighted by atomic mass is 10.0. The van der Waals surface area contributed by atoms with Gasteiger partial charge in [0.15, 0.2) is 0 Å². The third kappa shape index (κ3) is 3.13. The van der Waals surface area contributed by atoms with Crippen molar-refractivity contribution in [2.45, 2.75) is 12.8 Å². The molecule has 5 heteroatoms. The summed E-state index contributed by atoms with van der Waals surface area (Å²) >= 11 is 0. The highest BCUT2D eigenvalue weighted by Crippen LogP contribution is 2.19. The van der Waals surface area contributed by atoms with Crippen molar-refractivity contribution in [3.63, 3.8) is 0 Å². The summed E-state index contributed by atoms with van der Waals surface area (Å²) < 4.78 is 26.5. The zero-order valence-electron chi connectivity index (χ0n) is 11.2. The smallest absolute Gasteiger partial charge is 0.129 e. The molecule has 0 aliphatic heterocycles. The Labute approximate surface area is 120 Å². The van der Waals surface area contributed by atoms with E-state index < -0.39 is 11.6 Å². The van der Waals surface area contributed by atoms with Crippen LogP contribution in [0, 0.1) is 11.6 Å². The number of halogens is 2. The van der Waals surface area contributed by atoms with Crippen LogP contribution in [0.3, 0.4) is 0 Å². The molecule has 3 aromatic rings. The fraction of sp³-hybridized carbons (Fsp3) is 0.125. The fourth-order valence-corrected chi connectivity index (χ4v) is 2.23. The molecule has 0 atom stereocenters. The number of hydrogen-bond donors (Lipinski definition) is 1. The van der Waals surface area contributed by atoms with Gasteiger partial charge in [-0.15, -0.1) is 5.10 Å². The van der Waals surface area contributed by atoms with Gasteiger partial charge >= 0.3 is 0 Å². The van der Waals surface area contributed by atoms with E-state index in [0.29, 0.717) is 18.4 Å². The molecule has 0 radical (unpaired) electrons. The Kier molecular flexibility index (Phi) is 3.73. The highest BCUT2D eigenvalue weighted by atomic mass is 19.1. The molecule has 3 nitrogen and oxygen atoms in total. The van der Waals surface area contributed by atoms with E-state index >= 15 is 0 Å². The van der Waals surface area contributed by atoms with Crippen molar-refractivity contribution < 1.29 is 8.78 Å². The second kappa shape index (κ2) is 5.83. The SMILES string of the molecule is Fc1ccc(CCc2cccc(-c3c[nH]nn3)c2)c(F)c1. The van der Waals surface area contributed by atoms with Crippen molar-refractivity contribution in [1.29, 1.82) is 0 Å².